The second kappa shape index (κ2) is 12.2. The summed E-state index contributed by atoms with van der Waals surface area (Å²) in [5.41, 5.74) is 2.12. The number of benzene rings is 3. The van der Waals surface area contributed by atoms with Gasteiger partial charge in [-0.1, -0.05) is 59.6 Å². The molecule has 3 aromatic heterocycles. The Labute approximate surface area is 329 Å². The number of imide groups is 2. The van der Waals surface area contributed by atoms with Gasteiger partial charge in [0, 0.05) is 39.0 Å². The van der Waals surface area contributed by atoms with E-state index in [1.807, 2.05) is 86.0 Å². The number of carbonyl (C=O) groups is 4. The molecule has 6 unspecified atom stereocenters. The second-order valence-electron chi connectivity index (χ2n) is 15.4. The zero-order chi connectivity index (χ0) is 38.1. The molecule has 5 heterocycles. The van der Waals surface area contributed by atoms with Gasteiger partial charge in [0.15, 0.2) is 0 Å². The largest absolute Gasteiger partial charge is 0.507 e. The van der Waals surface area contributed by atoms with Crippen molar-refractivity contribution in [2.45, 2.75) is 39.2 Å². The Morgan fingerprint density at radius 3 is 2.51 bits per heavy atom. The van der Waals surface area contributed by atoms with Crippen molar-refractivity contribution in [3.8, 4) is 16.3 Å². The number of thiophene rings is 2. The lowest BCUT2D eigenvalue weighted by atomic mass is 9.51. The number of hydrogen-bond donors (Lipinski definition) is 1. The van der Waals surface area contributed by atoms with Crippen LogP contribution in [0.5, 0.6) is 5.75 Å². The van der Waals surface area contributed by atoms with Crippen LogP contribution in [0.15, 0.2) is 89.8 Å². The summed E-state index contributed by atoms with van der Waals surface area (Å²) in [7, 11) is 1.74. The van der Waals surface area contributed by atoms with Gasteiger partial charge in [-0.2, -0.15) is 5.10 Å². The molecular formula is C43H35ClN4O5S2. The average Bonchev–Trinajstić information content (AvgIpc) is 3.98. The molecule has 3 aromatic carbocycles. The first-order valence-electron chi connectivity index (χ1n) is 18.4. The molecule has 9 nitrogen and oxygen atoms in total. The molecule has 2 aliphatic heterocycles. The van der Waals surface area contributed by atoms with Gasteiger partial charge in [-0.15, -0.1) is 22.7 Å². The number of hydrogen-bond acceptors (Lipinski definition) is 8. The predicted molar refractivity (Wildman–Crippen MR) is 214 cm³/mol. The number of fused-ring (bicyclic) bond motifs is 6. The van der Waals surface area contributed by atoms with Gasteiger partial charge in [-0.05, 0) is 90.2 Å². The maximum absolute atomic E-state index is 15.3. The molecule has 2 saturated heterocycles. The lowest BCUT2D eigenvalue weighted by molar-refractivity contribution is -0.141. The second-order valence-corrected chi connectivity index (χ2v) is 18.0. The van der Waals surface area contributed by atoms with Crippen LogP contribution >= 0.6 is 34.3 Å². The number of aryl methyl sites for hydroxylation is 2. The lowest BCUT2D eigenvalue weighted by Gasteiger charge is -2.49. The van der Waals surface area contributed by atoms with E-state index in [1.54, 1.807) is 29.1 Å². The standard InChI is InChI=1S/C43H35ClN4O5S2/c1-21-29-17-22(44)10-15-34(29)55-38(21)32-19-35(46(3)45-32)48-40(51)31-18-30-27(11-12-28-36(30)41(52)47(39(28)50)20-23-7-6-16-54-23)37(43(31,2)42(48)53)26-13-14-33(49)25-9-5-4-8-24(25)26/h4-11,13-17,19,28,30-31,36-37,49H,12,18,20H2,1-3H3. The molecule has 6 aromatic rings. The summed E-state index contributed by atoms with van der Waals surface area (Å²) in [6.07, 6.45) is 2.69. The SMILES string of the molecule is Cc1c(-c2cc(N3C(=O)C4CC5C(=CCC6C(=O)N(Cc7cccs7)C(=O)C65)C(c5ccc(O)c6ccccc56)C4(C)C3=O)n(C)n2)sc2ccc(Cl)cc12. The highest BCUT2D eigenvalue weighted by Crippen LogP contribution is 2.64. The number of rotatable bonds is 5. The number of carbonyl (C=O) groups excluding carboxylic acids is 4. The minimum absolute atomic E-state index is 0.114. The molecule has 0 radical (unpaired) electrons. The number of phenolic OH excluding ortho intramolecular Hbond substituents is 1. The summed E-state index contributed by atoms with van der Waals surface area (Å²) < 4.78 is 2.65. The number of allylic oxidation sites excluding steroid dienone is 2. The number of phenols is 1. The van der Waals surface area contributed by atoms with Gasteiger partial charge in [-0.3, -0.25) is 28.8 Å². The van der Waals surface area contributed by atoms with E-state index in [4.69, 9.17) is 16.7 Å². The summed E-state index contributed by atoms with van der Waals surface area (Å²) in [5.74, 6) is -3.63. The molecular weight excluding hydrogens is 752 g/mol. The monoisotopic (exact) mass is 786 g/mol. The van der Waals surface area contributed by atoms with Crippen LogP contribution in [-0.2, 0) is 32.8 Å². The summed E-state index contributed by atoms with van der Waals surface area (Å²) in [6, 6.07) is 22.4. The number of aromatic nitrogens is 2. The molecule has 1 saturated carbocycles. The van der Waals surface area contributed by atoms with Crippen molar-refractivity contribution in [1.82, 2.24) is 14.7 Å². The average molecular weight is 787 g/mol. The van der Waals surface area contributed by atoms with Gasteiger partial charge in [0.1, 0.15) is 17.3 Å². The summed E-state index contributed by atoms with van der Waals surface area (Å²) in [6.45, 7) is 4.12. The van der Waals surface area contributed by atoms with Gasteiger partial charge in [0.05, 0.1) is 34.6 Å². The zero-order valence-corrected chi connectivity index (χ0v) is 32.5. The Morgan fingerprint density at radius 1 is 0.927 bits per heavy atom. The molecule has 3 fully saturated rings. The van der Waals surface area contributed by atoms with Crippen molar-refractivity contribution < 1.29 is 24.3 Å². The van der Waals surface area contributed by atoms with Crippen LogP contribution in [0.3, 0.4) is 0 Å². The number of nitrogens with zero attached hydrogens (tertiary/aromatic N) is 4. The van der Waals surface area contributed by atoms with Crippen molar-refractivity contribution in [1.29, 1.82) is 0 Å². The molecule has 10 rings (SSSR count). The Bertz CT molecular complexity index is 2700. The number of amides is 4. The zero-order valence-electron chi connectivity index (χ0n) is 30.2. The van der Waals surface area contributed by atoms with E-state index >= 15 is 9.59 Å². The molecule has 4 aliphatic rings. The summed E-state index contributed by atoms with van der Waals surface area (Å²) >= 11 is 9.42. The van der Waals surface area contributed by atoms with Crippen molar-refractivity contribution in [2.75, 3.05) is 4.90 Å². The third kappa shape index (κ3) is 4.79. The van der Waals surface area contributed by atoms with Crippen LogP contribution in [0.2, 0.25) is 5.02 Å². The van der Waals surface area contributed by atoms with Crippen LogP contribution < -0.4 is 4.90 Å². The molecule has 0 bridgehead atoms. The molecule has 2 aliphatic carbocycles. The number of aromatic hydroxyl groups is 1. The fourth-order valence-corrected chi connectivity index (χ4v) is 12.1. The molecule has 0 spiro atoms. The molecule has 276 valence electrons. The first kappa shape index (κ1) is 34.4. The Morgan fingerprint density at radius 2 is 1.73 bits per heavy atom. The Kier molecular flexibility index (Phi) is 7.63. The van der Waals surface area contributed by atoms with E-state index in [-0.39, 0.29) is 42.3 Å². The van der Waals surface area contributed by atoms with Gasteiger partial charge in [-0.25, -0.2) is 4.90 Å². The van der Waals surface area contributed by atoms with Crippen LogP contribution in [0.25, 0.3) is 31.4 Å². The topological polar surface area (TPSA) is 113 Å². The van der Waals surface area contributed by atoms with E-state index in [2.05, 4.69) is 6.08 Å². The first-order valence-corrected chi connectivity index (χ1v) is 20.4. The smallest absolute Gasteiger partial charge is 0.242 e. The van der Waals surface area contributed by atoms with Gasteiger partial charge < -0.3 is 5.11 Å². The van der Waals surface area contributed by atoms with Gasteiger partial charge >= 0.3 is 0 Å². The summed E-state index contributed by atoms with van der Waals surface area (Å²) in [5, 5.41) is 20.8. The van der Waals surface area contributed by atoms with Crippen molar-refractivity contribution in [3.63, 3.8) is 0 Å². The highest BCUT2D eigenvalue weighted by atomic mass is 35.5. The summed E-state index contributed by atoms with van der Waals surface area (Å²) in [4.78, 5) is 63.2. The predicted octanol–water partition coefficient (Wildman–Crippen LogP) is 8.61. The van der Waals surface area contributed by atoms with E-state index in [0.717, 1.165) is 41.9 Å². The fraction of sp³-hybridized carbons (Fsp3) is 0.279. The van der Waals surface area contributed by atoms with Gasteiger partial charge in [0.2, 0.25) is 23.6 Å². The quantitative estimate of drug-likeness (QED) is 0.138. The van der Waals surface area contributed by atoms with Crippen molar-refractivity contribution in [3.05, 3.63) is 111 Å². The van der Waals surface area contributed by atoms with Gasteiger partial charge in [0.25, 0.3) is 0 Å². The van der Waals surface area contributed by atoms with E-state index < -0.39 is 35.0 Å². The minimum Gasteiger partial charge on any atom is -0.507 e. The van der Waals surface area contributed by atoms with Crippen LogP contribution in [-0.4, -0.2) is 43.4 Å². The molecule has 1 N–H and O–H groups in total. The molecule has 4 amide bonds. The first-order chi connectivity index (χ1) is 26.5. The molecule has 12 heteroatoms. The lowest BCUT2D eigenvalue weighted by Crippen LogP contribution is -2.49. The van der Waals surface area contributed by atoms with Crippen molar-refractivity contribution >= 4 is 84.6 Å². The molecule has 55 heavy (non-hydrogen) atoms. The van der Waals surface area contributed by atoms with Crippen molar-refractivity contribution in [2.24, 2.45) is 36.1 Å². The fourth-order valence-electron chi connectivity index (χ4n) is 10.1. The van der Waals surface area contributed by atoms with E-state index in [0.29, 0.717) is 28.3 Å². The molecule has 6 atom stereocenters. The third-order valence-electron chi connectivity index (χ3n) is 12.7. The third-order valence-corrected chi connectivity index (χ3v) is 15.1. The Hall–Kier alpha value is -5.10. The van der Waals surface area contributed by atoms with Crippen LogP contribution in [0, 0.1) is 36.0 Å². The van der Waals surface area contributed by atoms with E-state index in [9.17, 15) is 14.7 Å². The number of halogens is 1. The number of likely N-dealkylation sites (tertiary alicyclic amines) is 1. The highest BCUT2D eigenvalue weighted by Gasteiger charge is 2.68. The minimum atomic E-state index is -1.25. The number of anilines is 1. The highest BCUT2D eigenvalue weighted by molar-refractivity contribution is 7.22. The van der Waals surface area contributed by atoms with Crippen LogP contribution in [0.4, 0.5) is 5.82 Å². The maximum Gasteiger partial charge on any atom is 0.242 e. The maximum atomic E-state index is 15.3. The normalized spacial score (nSPS) is 26.3. The Balaban J connectivity index is 1.11. The van der Waals surface area contributed by atoms with Crippen LogP contribution in [0.1, 0.15) is 41.7 Å². The van der Waals surface area contributed by atoms with E-state index in [1.165, 1.54) is 21.1 Å².